The van der Waals surface area contributed by atoms with Gasteiger partial charge in [0.15, 0.2) is 0 Å². The molecule has 1 unspecified atom stereocenters. The number of carboxylic acids is 1. The molecule has 2 N–H and O–H groups in total. The molecule has 0 saturated heterocycles. The molecule has 0 fully saturated rings. The van der Waals surface area contributed by atoms with Crippen molar-refractivity contribution in [3.8, 4) is 10.6 Å². The molecule has 0 aromatic carbocycles. The summed E-state index contributed by atoms with van der Waals surface area (Å²) in [6, 6.07) is 2.79. The predicted octanol–water partition coefficient (Wildman–Crippen LogP) is 2.30. The van der Waals surface area contributed by atoms with E-state index in [1.54, 1.807) is 37.0 Å². The van der Waals surface area contributed by atoms with Crippen LogP contribution in [0.2, 0.25) is 0 Å². The molecule has 2 aromatic rings. The smallest absolute Gasteiger partial charge is 0.326 e. The van der Waals surface area contributed by atoms with E-state index in [2.05, 4.69) is 10.4 Å². The van der Waals surface area contributed by atoms with Crippen LogP contribution >= 0.6 is 11.3 Å². The predicted molar refractivity (Wildman–Crippen MR) is 84.8 cm³/mol. The fourth-order valence-corrected chi connectivity index (χ4v) is 2.70. The van der Waals surface area contributed by atoms with E-state index in [1.807, 2.05) is 17.5 Å². The normalized spacial score (nSPS) is 12.5. The summed E-state index contributed by atoms with van der Waals surface area (Å²) >= 11 is 1.48. The second-order valence-electron chi connectivity index (χ2n) is 4.71. The topological polar surface area (TPSA) is 84.2 Å². The Labute approximate surface area is 132 Å². The lowest BCUT2D eigenvalue weighted by molar-refractivity contribution is -0.139. The van der Waals surface area contributed by atoms with Crippen molar-refractivity contribution in [2.24, 2.45) is 7.05 Å². The van der Waals surface area contributed by atoms with Gasteiger partial charge in [-0.1, -0.05) is 18.2 Å². The molecule has 0 aliphatic heterocycles. The van der Waals surface area contributed by atoms with Crippen LogP contribution in [0.25, 0.3) is 10.6 Å². The van der Waals surface area contributed by atoms with E-state index in [9.17, 15) is 14.7 Å². The minimum atomic E-state index is -1.06. The fraction of sp³-hybridized carbons (Fsp3) is 0.267. The molecule has 0 saturated carbocycles. The molecule has 22 heavy (non-hydrogen) atoms. The highest BCUT2D eigenvalue weighted by atomic mass is 32.1. The van der Waals surface area contributed by atoms with Gasteiger partial charge in [0.2, 0.25) is 0 Å². The van der Waals surface area contributed by atoms with Gasteiger partial charge >= 0.3 is 5.97 Å². The number of thiophene rings is 1. The molecule has 2 rings (SSSR count). The SMILES string of the molecule is C/C=C/CC(NC(=O)c1cn(C)nc1-c1cccs1)C(=O)O. The first-order valence-electron chi connectivity index (χ1n) is 6.75. The van der Waals surface area contributed by atoms with Gasteiger partial charge in [0.05, 0.1) is 10.4 Å². The minimum absolute atomic E-state index is 0.242. The largest absolute Gasteiger partial charge is 0.480 e. The quantitative estimate of drug-likeness (QED) is 0.800. The third-order valence-electron chi connectivity index (χ3n) is 3.04. The lowest BCUT2D eigenvalue weighted by Gasteiger charge is -2.12. The number of nitrogens with zero attached hydrogens (tertiary/aromatic N) is 2. The molecular weight excluding hydrogens is 302 g/mol. The van der Waals surface area contributed by atoms with Crippen molar-refractivity contribution < 1.29 is 14.7 Å². The molecule has 0 aliphatic carbocycles. The molecule has 6 nitrogen and oxygen atoms in total. The van der Waals surface area contributed by atoms with Crippen LogP contribution in [0.1, 0.15) is 23.7 Å². The Morgan fingerprint density at radius 2 is 2.32 bits per heavy atom. The first kappa shape index (κ1) is 16.0. The summed E-state index contributed by atoms with van der Waals surface area (Å²) in [6.07, 6.45) is 5.30. The Bertz CT molecular complexity index is 689. The molecule has 0 bridgehead atoms. The zero-order chi connectivity index (χ0) is 16.1. The van der Waals surface area contributed by atoms with E-state index in [0.29, 0.717) is 11.3 Å². The van der Waals surface area contributed by atoms with Gasteiger partial charge < -0.3 is 10.4 Å². The number of carboxylic acid groups (broad SMARTS) is 1. The van der Waals surface area contributed by atoms with E-state index >= 15 is 0 Å². The van der Waals surface area contributed by atoms with Crippen LogP contribution in [0, 0.1) is 0 Å². The van der Waals surface area contributed by atoms with Crippen molar-refractivity contribution in [1.29, 1.82) is 0 Å². The van der Waals surface area contributed by atoms with Gasteiger partial charge in [0.1, 0.15) is 11.7 Å². The Kier molecular flexibility index (Phi) is 5.11. The average molecular weight is 319 g/mol. The monoisotopic (exact) mass is 319 g/mol. The summed E-state index contributed by atoms with van der Waals surface area (Å²) < 4.78 is 1.55. The zero-order valence-electron chi connectivity index (χ0n) is 12.3. The molecule has 1 atom stereocenters. The Morgan fingerprint density at radius 1 is 1.55 bits per heavy atom. The lowest BCUT2D eigenvalue weighted by atomic mass is 10.1. The fourth-order valence-electron chi connectivity index (χ4n) is 1.98. The van der Waals surface area contributed by atoms with Crippen molar-refractivity contribution in [2.75, 3.05) is 0 Å². The van der Waals surface area contributed by atoms with Crippen molar-refractivity contribution in [3.05, 3.63) is 41.4 Å². The number of aromatic nitrogens is 2. The number of carbonyl (C=O) groups is 2. The highest BCUT2D eigenvalue weighted by Crippen LogP contribution is 2.26. The lowest BCUT2D eigenvalue weighted by Crippen LogP contribution is -2.40. The van der Waals surface area contributed by atoms with Crippen LogP contribution in [0.5, 0.6) is 0 Å². The number of carbonyl (C=O) groups excluding carboxylic acids is 1. The number of amides is 1. The zero-order valence-corrected chi connectivity index (χ0v) is 13.1. The summed E-state index contributed by atoms with van der Waals surface area (Å²) in [5, 5.41) is 17.9. The standard InChI is InChI=1S/C15H17N3O3S/c1-3-4-6-11(15(20)21)16-14(19)10-9-18(2)17-13(10)12-7-5-8-22-12/h3-5,7-9,11H,6H2,1-2H3,(H,16,19)(H,20,21)/b4-3+. The second kappa shape index (κ2) is 7.04. The molecule has 0 aliphatic rings. The van der Waals surface area contributed by atoms with Gasteiger partial charge in [-0.25, -0.2) is 4.79 Å². The van der Waals surface area contributed by atoms with Crippen molar-refractivity contribution >= 4 is 23.2 Å². The number of nitrogens with one attached hydrogen (secondary N) is 1. The number of rotatable bonds is 6. The van der Waals surface area contributed by atoms with Crippen LogP contribution in [0.3, 0.4) is 0 Å². The van der Waals surface area contributed by atoms with Gasteiger partial charge in [0.25, 0.3) is 5.91 Å². The number of hydrogen-bond donors (Lipinski definition) is 2. The highest BCUT2D eigenvalue weighted by molar-refractivity contribution is 7.13. The van der Waals surface area contributed by atoms with Crippen LogP contribution < -0.4 is 5.32 Å². The first-order valence-corrected chi connectivity index (χ1v) is 7.63. The minimum Gasteiger partial charge on any atom is -0.480 e. The molecule has 116 valence electrons. The molecule has 2 aromatic heterocycles. The van der Waals surface area contributed by atoms with E-state index in [-0.39, 0.29) is 6.42 Å². The van der Waals surface area contributed by atoms with Crippen LogP contribution in [0.4, 0.5) is 0 Å². The number of hydrogen-bond acceptors (Lipinski definition) is 4. The molecule has 0 radical (unpaired) electrons. The van der Waals surface area contributed by atoms with E-state index in [1.165, 1.54) is 11.3 Å². The van der Waals surface area contributed by atoms with E-state index in [4.69, 9.17) is 0 Å². The number of aliphatic carboxylic acids is 1. The summed E-state index contributed by atoms with van der Waals surface area (Å²) in [7, 11) is 1.72. The van der Waals surface area contributed by atoms with Gasteiger partial charge in [-0.2, -0.15) is 5.10 Å². The van der Waals surface area contributed by atoms with Crippen molar-refractivity contribution in [2.45, 2.75) is 19.4 Å². The molecule has 1 amide bonds. The maximum Gasteiger partial charge on any atom is 0.326 e. The summed E-state index contributed by atoms with van der Waals surface area (Å²) in [4.78, 5) is 24.5. The van der Waals surface area contributed by atoms with Gasteiger partial charge in [-0.05, 0) is 24.8 Å². The number of allylic oxidation sites excluding steroid dienone is 1. The Balaban J connectivity index is 2.24. The summed E-state index contributed by atoms with van der Waals surface area (Å²) in [5.74, 6) is -1.50. The second-order valence-corrected chi connectivity index (χ2v) is 5.66. The van der Waals surface area contributed by atoms with Crippen LogP contribution in [-0.2, 0) is 11.8 Å². The molecule has 2 heterocycles. The first-order chi connectivity index (χ1) is 10.5. The van der Waals surface area contributed by atoms with E-state index in [0.717, 1.165) is 4.88 Å². The average Bonchev–Trinajstić information content (AvgIpc) is 3.11. The van der Waals surface area contributed by atoms with Gasteiger partial charge in [-0.15, -0.1) is 11.3 Å². The molecule has 7 heteroatoms. The maximum atomic E-state index is 12.4. The number of aryl methyl sites for hydroxylation is 1. The van der Waals surface area contributed by atoms with Crippen LogP contribution in [0.15, 0.2) is 35.9 Å². The summed E-state index contributed by atoms with van der Waals surface area (Å²) in [6.45, 7) is 1.80. The third kappa shape index (κ3) is 3.62. The Morgan fingerprint density at radius 3 is 2.91 bits per heavy atom. The van der Waals surface area contributed by atoms with E-state index < -0.39 is 17.9 Å². The Hall–Kier alpha value is -2.41. The maximum absolute atomic E-state index is 12.4. The molecule has 0 spiro atoms. The summed E-state index contributed by atoms with van der Waals surface area (Å²) in [5.41, 5.74) is 0.932. The van der Waals surface area contributed by atoms with Crippen LogP contribution in [-0.4, -0.2) is 32.8 Å². The van der Waals surface area contributed by atoms with Crippen molar-refractivity contribution in [1.82, 2.24) is 15.1 Å². The van der Waals surface area contributed by atoms with Gasteiger partial charge in [0, 0.05) is 13.2 Å². The molecular formula is C15H17N3O3S. The van der Waals surface area contributed by atoms with Crippen molar-refractivity contribution in [3.63, 3.8) is 0 Å². The third-order valence-corrected chi connectivity index (χ3v) is 3.92. The highest BCUT2D eigenvalue weighted by Gasteiger charge is 2.23. The van der Waals surface area contributed by atoms with Gasteiger partial charge in [-0.3, -0.25) is 9.48 Å².